The number of rotatable bonds is 10. The predicted octanol–water partition coefficient (Wildman–Crippen LogP) is 5.45. The van der Waals surface area contributed by atoms with Gasteiger partial charge in [-0.15, -0.1) is 0 Å². The van der Waals surface area contributed by atoms with Gasteiger partial charge in [-0.3, -0.25) is 9.59 Å². The normalized spacial score (nSPS) is 13.1. The van der Waals surface area contributed by atoms with Crippen LogP contribution in [0.15, 0.2) is 66.1 Å². The summed E-state index contributed by atoms with van der Waals surface area (Å²) in [5, 5.41) is 0.943. The first-order chi connectivity index (χ1) is 18.2. The molecule has 208 valence electrons. The molecular weight excluding hydrogens is 533 g/mol. The highest BCUT2D eigenvalue weighted by atomic mass is 32.2. The van der Waals surface area contributed by atoms with E-state index in [4.69, 9.17) is 4.74 Å². The van der Waals surface area contributed by atoms with Crippen molar-refractivity contribution in [2.75, 3.05) is 6.61 Å². The summed E-state index contributed by atoms with van der Waals surface area (Å²) in [5.74, 6) is -2.00. The largest absolute Gasteiger partial charge is 0.456 e. The monoisotopic (exact) mass is 562 g/mol. The fourth-order valence-electron chi connectivity index (χ4n) is 3.97. The summed E-state index contributed by atoms with van der Waals surface area (Å²) in [6.07, 6.45) is -3.14. The second-order valence-corrected chi connectivity index (χ2v) is 10.9. The van der Waals surface area contributed by atoms with Crippen molar-refractivity contribution in [2.45, 2.75) is 39.9 Å². The molecule has 1 aromatic heterocycles. The number of esters is 1. The molecular formula is C28H29F3N2O5S. The summed E-state index contributed by atoms with van der Waals surface area (Å²) < 4.78 is 73.6. The van der Waals surface area contributed by atoms with Gasteiger partial charge < -0.3 is 9.30 Å². The molecule has 0 radical (unpaired) electrons. The summed E-state index contributed by atoms with van der Waals surface area (Å²) in [5.41, 5.74) is 1.12. The molecule has 3 aromatic rings. The van der Waals surface area contributed by atoms with Gasteiger partial charge in [0.2, 0.25) is 15.8 Å². The van der Waals surface area contributed by atoms with E-state index in [0.29, 0.717) is 17.0 Å². The van der Waals surface area contributed by atoms with Crippen molar-refractivity contribution in [1.29, 1.82) is 0 Å². The highest BCUT2D eigenvalue weighted by molar-refractivity contribution is 7.92. The second kappa shape index (κ2) is 12.0. The van der Waals surface area contributed by atoms with Gasteiger partial charge in [-0.2, -0.15) is 17.9 Å². The molecule has 0 aliphatic rings. The summed E-state index contributed by atoms with van der Waals surface area (Å²) in [4.78, 5) is 25.7. The molecule has 0 aliphatic heterocycles. The number of carbonyl (C=O) groups excluding carboxylic acids is 2. The maximum absolute atomic E-state index is 13.2. The van der Waals surface area contributed by atoms with Crippen molar-refractivity contribution < 1.29 is 35.9 Å². The number of sulfonamides is 1. The topological polar surface area (TPSA) is 94.5 Å². The van der Waals surface area contributed by atoms with Crippen LogP contribution in [0.2, 0.25) is 0 Å². The lowest BCUT2D eigenvalue weighted by Gasteiger charge is -2.19. The van der Waals surface area contributed by atoms with Gasteiger partial charge >= 0.3 is 12.1 Å². The van der Waals surface area contributed by atoms with Crippen LogP contribution >= 0.6 is 0 Å². The summed E-state index contributed by atoms with van der Waals surface area (Å²) in [6.45, 7) is 5.80. The molecule has 1 heterocycles. The van der Waals surface area contributed by atoms with Crippen LogP contribution in [0, 0.1) is 19.8 Å². The maximum atomic E-state index is 13.2. The van der Waals surface area contributed by atoms with Gasteiger partial charge in [0, 0.05) is 28.0 Å². The molecule has 0 saturated heterocycles. The highest BCUT2D eigenvalue weighted by Crippen LogP contribution is 2.31. The Morgan fingerprint density at radius 3 is 2.31 bits per heavy atom. The van der Waals surface area contributed by atoms with E-state index in [0.717, 1.165) is 17.5 Å². The maximum Gasteiger partial charge on any atom is 0.416 e. The van der Waals surface area contributed by atoms with E-state index >= 15 is 0 Å². The van der Waals surface area contributed by atoms with Crippen LogP contribution in [0.3, 0.4) is 0 Å². The quantitative estimate of drug-likeness (QED) is 0.262. The van der Waals surface area contributed by atoms with Crippen molar-refractivity contribution in [3.63, 3.8) is 0 Å². The number of alkyl halides is 3. The Morgan fingerprint density at radius 1 is 1.03 bits per heavy atom. The molecule has 0 aliphatic carbocycles. The Balaban J connectivity index is 1.72. The first-order valence-corrected chi connectivity index (χ1v) is 13.6. The number of nitrogens with zero attached hydrogens (tertiary/aromatic N) is 1. The zero-order valence-electron chi connectivity index (χ0n) is 21.8. The van der Waals surface area contributed by atoms with Gasteiger partial charge in [-0.05, 0) is 55.7 Å². The lowest BCUT2D eigenvalue weighted by atomic mass is 10.1. The van der Waals surface area contributed by atoms with Crippen LogP contribution in [0.5, 0.6) is 0 Å². The number of nitrogens with one attached hydrogen (secondary N) is 1. The summed E-state index contributed by atoms with van der Waals surface area (Å²) in [7, 11) is -4.01. The number of halogens is 3. The average molecular weight is 563 g/mol. The predicted molar refractivity (Wildman–Crippen MR) is 142 cm³/mol. The van der Waals surface area contributed by atoms with Crippen molar-refractivity contribution in [3.05, 3.63) is 94.1 Å². The van der Waals surface area contributed by atoms with Crippen LogP contribution in [0.1, 0.15) is 46.7 Å². The van der Waals surface area contributed by atoms with E-state index < -0.39 is 52.1 Å². The van der Waals surface area contributed by atoms with Crippen LogP contribution in [-0.2, 0) is 25.7 Å². The molecule has 0 unspecified atom stereocenters. The molecule has 0 saturated carbocycles. The molecule has 0 bridgehead atoms. The van der Waals surface area contributed by atoms with Crippen molar-refractivity contribution in [3.8, 4) is 5.69 Å². The lowest BCUT2D eigenvalue weighted by molar-refractivity contribution is -0.145. The van der Waals surface area contributed by atoms with Crippen molar-refractivity contribution >= 4 is 27.9 Å². The second-order valence-electron chi connectivity index (χ2n) is 9.30. The van der Waals surface area contributed by atoms with E-state index in [9.17, 15) is 31.2 Å². The first kappa shape index (κ1) is 29.9. The molecule has 0 fully saturated rings. The fraction of sp³-hybridized carbons (Fsp3) is 0.286. The minimum absolute atomic E-state index is 0.171. The molecule has 11 heteroatoms. The fourth-order valence-corrected chi connectivity index (χ4v) is 5.11. The van der Waals surface area contributed by atoms with E-state index in [-0.39, 0.29) is 11.3 Å². The number of aryl methyl sites for hydroxylation is 1. The Morgan fingerprint density at radius 2 is 1.69 bits per heavy atom. The third-order valence-electron chi connectivity index (χ3n) is 5.96. The number of Topliss-reactive ketones (excluding diaryl/α,β-unsaturated/α-hetero) is 1. The molecule has 2 aromatic carbocycles. The van der Waals surface area contributed by atoms with Gasteiger partial charge in [0.05, 0.1) is 5.56 Å². The SMILES string of the molecule is Cc1cc(C(=O)COC(=O)[C@@H](NS(=O)(=O)/C=C/c2ccccc2)C(C)C)c(C)n1-c1cccc(C(F)(F)F)c1. The number of aromatic nitrogens is 1. The number of benzene rings is 2. The smallest absolute Gasteiger partial charge is 0.416 e. The van der Waals surface area contributed by atoms with Crippen LogP contribution in [-0.4, -0.2) is 37.4 Å². The Bertz CT molecular complexity index is 1480. The third kappa shape index (κ3) is 7.67. The Kier molecular flexibility index (Phi) is 9.18. The van der Waals surface area contributed by atoms with Gasteiger partial charge in [0.15, 0.2) is 6.61 Å². The molecule has 1 N–H and O–H groups in total. The van der Waals surface area contributed by atoms with Gasteiger partial charge in [-0.25, -0.2) is 8.42 Å². The standard InChI is InChI=1S/C28H29F3N2O5S/c1-18(2)26(32-39(36,37)14-13-21-9-6-5-7-10-21)27(35)38-17-25(34)24-15-19(3)33(20(24)4)23-12-8-11-22(16-23)28(29,30)31/h5-16,18,26,32H,17H2,1-4H3/b14-13+/t26-/m0/s1. The zero-order valence-corrected chi connectivity index (χ0v) is 22.6. The summed E-state index contributed by atoms with van der Waals surface area (Å²) >= 11 is 0. The Hall–Kier alpha value is -3.70. The van der Waals surface area contributed by atoms with E-state index in [2.05, 4.69) is 4.72 Å². The summed E-state index contributed by atoms with van der Waals surface area (Å²) in [6, 6.07) is 13.7. The van der Waals surface area contributed by atoms with Gasteiger partial charge in [0.1, 0.15) is 6.04 Å². The van der Waals surface area contributed by atoms with E-state index in [1.165, 1.54) is 28.8 Å². The number of hydrogen-bond acceptors (Lipinski definition) is 5. The molecule has 3 rings (SSSR count). The number of carbonyl (C=O) groups is 2. The van der Waals surface area contributed by atoms with Crippen LogP contribution < -0.4 is 4.72 Å². The van der Waals surface area contributed by atoms with Gasteiger partial charge in [-0.1, -0.05) is 50.2 Å². The third-order valence-corrected chi connectivity index (χ3v) is 7.04. The number of ketones is 1. The minimum atomic E-state index is -4.52. The first-order valence-electron chi connectivity index (χ1n) is 12.0. The van der Waals surface area contributed by atoms with Crippen LogP contribution in [0.25, 0.3) is 11.8 Å². The molecule has 7 nitrogen and oxygen atoms in total. The van der Waals surface area contributed by atoms with E-state index in [1.54, 1.807) is 58.0 Å². The number of hydrogen-bond donors (Lipinski definition) is 1. The molecule has 0 amide bonds. The minimum Gasteiger partial charge on any atom is -0.456 e. The highest BCUT2D eigenvalue weighted by Gasteiger charge is 2.31. The lowest BCUT2D eigenvalue weighted by Crippen LogP contribution is -2.45. The average Bonchev–Trinajstić information content (AvgIpc) is 3.18. The number of ether oxygens (including phenoxy) is 1. The van der Waals surface area contributed by atoms with Crippen molar-refractivity contribution in [1.82, 2.24) is 9.29 Å². The Labute approximate surface area is 225 Å². The van der Waals surface area contributed by atoms with Crippen molar-refractivity contribution in [2.24, 2.45) is 5.92 Å². The van der Waals surface area contributed by atoms with E-state index in [1.807, 2.05) is 0 Å². The zero-order chi connectivity index (χ0) is 29.0. The van der Waals surface area contributed by atoms with Gasteiger partial charge in [0.25, 0.3) is 0 Å². The molecule has 39 heavy (non-hydrogen) atoms. The molecule has 0 spiro atoms. The van der Waals surface area contributed by atoms with Crippen LogP contribution in [0.4, 0.5) is 13.2 Å². The molecule has 1 atom stereocenters.